The van der Waals surface area contributed by atoms with Gasteiger partial charge in [0.15, 0.2) is 0 Å². The lowest BCUT2D eigenvalue weighted by Gasteiger charge is -2.05. The molecule has 0 bridgehead atoms. The Hall–Kier alpha value is -3.02. The molecule has 6 nitrogen and oxygen atoms in total. The second-order valence-electron chi connectivity index (χ2n) is 7.27. The summed E-state index contributed by atoms with van der Waals surface area (Å²) in [6.07, 6.45) is 7.72. The van der Waals surface area contributed by atoms with E-state index in [9.17, 15) is 0 Å². The maximum atomic E-state index is 5.18. The summed E-state index contributed by atoms with van der Waals surface area (Å²) in [6, 6.07) is 7.89. The molecule has 28 heavy (non-hydrogen) atoms. The number of rotatable bonds is 4. The minimum absolute atomic E-state index is 0.421. The maximum Gasteiger partial charge on any atom is 0.135 e. The Kier molecular flexibility index (Phi) is 5.87. The van der Waals surface area contributed by atoms with E-state index in [0.717, 1.165) is 34.2 Å². The minimum Gasteiger partial charge on any atom is -0.497 e. The summed E-state index contributed by atoms with van der Waals surface area (Å²) >= 11 is 0. The normalized spacial score (nSPS) is 11.1. The highest BCUT2D eigenvalue weighted by atomic mass is 16.5. The van der Waals surface area contributed by atoms with Crippen molar-refractivity contribution in [2.45, 2.75) is 39.5 Å². The molecule has 148 valence electrons. The number of methoxy groups -OCH3 is 2. The van der Waals surface area contributed by atoms with E-state index in [4.69, 9.17) is 9.47 Å². The summed E-state index contributed by atoms with van der Waals surface area (Å²) < 4.78 is 14.5. The van der Waals surface area contributed by atoms with Crippen molar-refractivity contribution < 1.29 is 9.47 Å². The van der Waals surface area contributed by atoms with Crippen LogP contribution in [0.4, 0.5) is 0 Å². The largest absolute Gasteiger partial charge is 0.497 e. The second kappa shape index (κ2) is 8.33. The van der Waals surface area contributed by atoms with Crippen LogP contribution in [0.2, 0.25) is 0 Å². The zero-order valence-electron chi connectivity index (χ0n) is 17.4. The van der Waals surface area contributed by atoms with Gasteiger partial charge in [0.1, 0.15) is 23.1 Å². The number of nitrogens with zero attached hydrogens (tertiary/aromatic N) is 4. The van der Waals surface area contributed by atoms with Gasteiger partial charge in [-0.15, -0.1) is 0 Å². The predicted molar refractivity (Wildman–Crippen MR) is 112 cm³/mol. The fourth-order valence-corrected chi connectivity index (χ4v) is 3.09. The van der Waals surface area contributed by atoms with Crippen LogP contribution in [0, 0.1) is 0 Å². The Morgan fingerprint density at radius 2 is 1.36 bits per heavy atom. The molecule has 4 rings (SSSR count). The highest BCUT2D eigenvalue weighted by Gasteiger charge is 2.08. The van der Waals surface area contributed by atoms with Gasteiger partial charge < -0.3 is 13.9 Å². The lowest BCUT2D eigenvalue weighted by molar-refractivity contribution is 0.412. The number of pyridine rings is 2. The Balaban J connectivity index is 0.000000161. The van der Waals surface area contributed by atoms with E-state index in [1.165, 1.54) is 0 Å². The number of hydrogen-bond acceptors (Lipinski definition) is 4. The third-order valence-electron chi connectivity index (χ3n) is 4.57. The number of hydrogen-bond donors (Lipinski definition) is 0. The van der Waals surface area contributed by atoms with Crippen molar-refractivity contribution in [3.8, 4) is 11.5 Å². The summed E-state index contributed by atoms with van der Waals surface area (Å²) in [6.45, 7) is 8.54. The fraction of sp³-hybridized carbons (Fsp3) is 0.364. The molecule has 0 aromatic carbocycles. The lowest BCUT2D eigenvalue weighted by Crippen LogP contribution is -1.97. The number of aromatic nitrogens is 4. The van der Waals surface area contributed by atoms with Crippen LogP contribution in [0.5, 0.6) is 11.5 Å². The zero-order valence-corrected chi connectivity index (χ0v) is 17.4. The van der Waals surface area contributed by atoms with Crippen molar-refractivity contribution >= 4 is 11.0 Å². The molecule has 0 atom stereocenters. The predicted octanol–water partition coefficient (Wildman–Crippen LogP) is 4.93. The van der Waals surface area contributed by atoms with E-state index in [2.05, 4.69) is 46.5 Å². The highest BCUT2D eigenvalue weighted by Crippen LogP contribution is 2.20. The third-order valence-corrected chi connectivity index (χ3v) is 4.57. The van der Waals surface area contributed by atoms with Gasteiger partial charge in [0.05, 0.1) is 43.8 Å². The molecule has 0 saturated carbocycles. The van der Waals surface area contributed by atoms with Crippen molar-refractivity contribution in [2.24, 2.45) is 0 Å². The standard InChI is InChI=1S/2C11H14N2O/c1-8(2)11-12-7-9-6-10(14-3)4-5-13(9)11;1-8(2)11-12-6-9-4-5-10(14-3)7-13(9)11/h2*4-8H,1-3H3. The summed E-state index contributed by atoms with van der Waals surface area (Å²) in [4.78, 5) is 8.76. The van der Waals surface area contributed by atoms with Crippen LogP contribution in [0.15, 0.2) is 49.1 Å². The molecule has 0 amide bonds. The van der Waals surface area contributed by atoms with Crippen molar-refractivity contribution in [3.63, 3.8) is 0 Å². The van der Waals surface area contributed by atoms with Crippen molar-refractivity contribution in [3.05, 3.63) is 60.7 Å². The van der Waals surface area contributed by atoms with E-state index in [0.29, 0.717) is 11.8 Å². The van der Waals surface area contributed by atoms with Gasteiger partial charge >= 0.3 is 0 Å². The molecule has 0 aliphatic heterocycles. The number of ether oxygens (including phenoxy) is 2. The smallest absolute Gasteiger partial charge is 0.135 e. The molecule has 0 saturated heterocycles. The van der Waals surface area contributed by atoms with Gasteiger partial charge in [-0.25, -0.2) is 9.97 Å². The summed E-state index contributed by atoms with van der Waals surface area (Å²) in [5, 5.41) is 0. The lowest BCUT2D eigenvalue weighted by atomic mass is 10.2. The first-order chi connectivity index (χ1) is 13.4. The summed E-state index contributed by atoms with van der Waals surface area (Å²) in [5.41, 5.74) is 2.18. The fourth-order valence-electron chi connectivity index (χ4n) is 3.09. The van der Waals surface area contributed by atoms with Gasteiger partial charge in [-0.1, -0.05) is 27.7 Å². The Labute approximate surface area is 165 Å². The monoisotopic (exact) mass is 380 g/mol. The molecular formula is C22H28N4O2. The first-order valence-electron chi connectivity index (χ1n) is 9.46. The molecule has 0 N–H and O–H groups in total. The van der Waals surface area contributed by atoms with E-state index in [-0.39, 0.29) is 0 Å². The first kappa shape index (κ1) is 19.7. The maximum absolute atomic E-state index is 5.18. The van der Waals surface area contributed by atoms with Gasteiger partial charge in [-0.3, -0.25) is 4.40 Å². The van der Waals surface area contributed by atoms with Crippen LogP contribution in [-0.4, -0.2) is 33.0 Å². The number of imidazole rings is 2. The Morgan fingerprint density at radius 1 is 0.750 bits per heavy atom. The van der Waals surface area contributed by atoms with Gasteiger partial charge in [0, 0.05) is 24.1 Å². The van der Waals surface area contributed by atoms with Crippen LogP contribution in [0.1, 0.15) is 51.2 Å². The number of fused-ring (bicyclic) bond motifs is 2. The molecule has 0 spiro atoms. The molecule has 0 fully saturated rings. The minimum atomic E-state index is 0.421. The van der Waals surface area contributed by atoms with E-state index in [1.54, 1.807) is 14.2 Å². The molecular weight excluding hydrogens is 352 g/mol. The highest BCUT2D eigenvalue weighted by molar-refractivity contribution is 5.51. The van der Waals surface area contributed by atoms with Gasteiger partial charge in [0.2, 0.25) is 0 Å². The van der Waals surface area contributed by atoms with E-state index >= 15 is 0 Å². The van der Waals surface area contributed by atoms with Gasteiger partial charge in [0.25, 0.3) is 0 Å². The molecule has 6 heteroatoms. The summed E-state index contributed by atoms with van der Waals surface area (Å²) in [5.74, 6) is 4.74. The molecule has 0 radical (unpaired) electrons. The van der Waals surface area contributed by atoms with Gasteiger partial charge in [-0.2, -0.15) is 0 Å². The van der Waals surface area contributed by atoms with Crippen LogP contribution in [0.3, 0.4) is 0 Å². The van der Waals surface area contributed by atoms with Crippen molar-refractivity contribution in [2.75, 3.05) is 14.2 Å². The van der Waals surface area contributed by atoms with Crippen LogP contribution in [0.25, 0.3) is 11.0 Å². The van der Waals surface area contributed by atoms with Crippen LogP contribution < -0.4 is 9.47 Å². The molecule has 4 aromatic heterocycles. The zero-order chi connectivity index (χ0) is 20.3. The third kappa shape index (κ3) is 3.96. The quantitative estimate of drug-likeness (QED) is 0.504. The second-order valence-corrected chi connectivity index (χ2v) is 7.27. The molecule has 0 unspecified atom stereocenters. The average Bonchev–Trinajstić information content (AvgIpc) is 3.31. The Bertz CT molecular complexity index is 1060. The first-order valence-corrected chi connectivity index (χ1v) is 9.46. The van der Waals surface area contributed by atoms with Gasteiger partial charge in [-0.05, 0) is 18.2 Å². The molecule has 0 aliphatic carbocycles. The topological polar surface area (TPSA) is 53.1 Å². The van der Waals surface area contributed by atoms with Crippen LogP contribution >= 0.6 is 0 Å². The van der Waals surface area contributed by atoms with E-state index in [1.807, 2.05) is 49.1 Å². The van der Waals surface area contributed by atoms with Crippen molar-refractivity contribution in [1.29, 1.82) is 0 Å². The molecule has 4 aromatic rings. The molecule has 0 aliphatic rings. The average molecular weight is 380 g/mol. The SMILES string of the molecule is COc1ccc2cnc(C(C)C)n2c1.COc1ccn2c(C(C)C)ncc2c1. The van der Waals surface area contributed by atoms with Crippen molar-refractivity contribution in [1.82, 2.24) is 18.8 Å². The summed E-state index contributed by atoms with van der Waals surface area (Å²) in [7, 11) is 3.35. The van der Waals surface area contributed by atoms with Crippen LogP contribution in [-0.2, 0) is 0 Å². The van der Waals surface area contributed by atoms with E-state index < -0.39 is 0 Å². The Morgan fingerprint density at radius 3 is 1.96 bits per heavy atom. The molecule has 4 heterocycles.